The fraction of sp³-hybridized carbons (Fsp3) is 0.0714. The van der Waals surface area contributed by atoms with Gasteiger partial charge in [-0.3, -0.25) is 0 Å². The predicted molar refractivity (Wildman–Crippen MR) is 88.4 cm³/mol. The molecule has 0 saturated carbocycles. The Morgan fingerprint density at radius 1 is 1.10 bits per heavy atom. The Kier molecular flexibility index (Phi) is 4.03. The topological polar surface area (TPSA) is 24.9 Å². The number of fused-ring (bicyclic) bond motifs is 1. The van der Waals surface area contributed by atoms with Crippen molar-refractivity contribution in [2.75, 3.05) is 5.32 Å². The molecule has 0 fully saturated rings. The molecule has 0 aliphatic carbocycles. The van der Waals surface area contributed by atoms with Crippen LogP contribution < -0.4 is 5.32 Å². The molecule has 0 atom stereocenters. The summed E-state index contributed by atoms with van der Waals surface area (Å²) in [5, 5.41) is 5.97. The number of benzene rings is 2. The molecule has 20 heavy (non-hydrogen) atoms. The molecule has 1 N–H and O–H groups in total. The number of thiazole rings is 1. The fourth-order valence-electron chi connectivity index (χ4n) is 1.83. The molecule has 1 aromatic heterocycles. The van der Waals surface area contributed by atoms with Crippen LogP contribution in [0.3, 0.4) is 0 Å². The lowest BCUT2D eigenvalue weighted by Crippen LogP contribution is -1.98. The molecule has 2 nitrogen and oxygen atoms in total. The highest BCUT2D eigenvalue weighted by molar-refractivity contribution is 7.18. The molecule has 0 unspecified atom stereocenters. The molecule has 0 radical (unpaired) electrons. The zero-order chi connectivity index (χ0) is 14.1. The van der Waals surface area contributed by atoms with Gasteiger partial charge in [0.05, 0.1) is 21.3 Å². The minimum atomic E-state index is 0.509. The molecule has 0 bridgehead atoms. The van der Waals surface area contributed by atoms with E-state index in [2.05, 4.69) is 10.3 Å². The van der Waals surface area contributed by atoms with Crippen molar-refractivity contribution in [3.05, 3.63) is 56.5 Å². The van der Waals surface area contributed by atoms with Crippen molar-refractivity contribution in [1.29, 1.82) is 0 Å². The van der Waals surface area contributed by atoms with Gasteiger partial charge in [0, 0.05) is 10.7 Å². The normalized spacial score (nSPS) is 10.9. The lowest BCUT2D eigenvalue weighted by atomic mass is 10.3. The van der Waals surface area contributed by atoms with E-state index >= 15 is 0 Å². The molecule has 0 spiro atoms. The number of nitrogens with one attached hydrogen (secondary N) is 1. The first-order valence-electron chi connectivity index (χ1n) is 5.86. The van der Waals surface area contributed by atoms with Crippen molar-refractivity contribution in [1.82, 2.24) is 4.98 Å². The molecule has 3 aromatic rings. The fourth-order valence-corrected chi connectivity index (χ4v) is 3.36. The first kappa shape index (κ1) is 14.0. The molecule has 0 aliphatic rings. The predicted octanol–water partition coefficient (Wildman–Crippen LogP) is 5.87. The summed E-state index contributed by atoms with van der Waals surface area (Å²) < 4.78 is 1.03. The molecule has 0 saturated heterocycles. The Hall–Kier alpha value is -1.000. The minimum Gasteiger partial charge on any atom is -0.378 e. The van der Waals surface area contributed by atoms with Gasteiger partial charge >= 0.3 is 0 Å². The molecular weight excluding hydrogens is 335 g/mol. The van der Waals surface area contributed by atoms with Crippen molar-refractivity contribution in [2.24, 2.45) is 0 Å². The van der Waals surface area contributed by atoms with E-state index in [0.717, 1.165) is 20.9 Å². The van der Waals surface area contributed by atoms with Crippen LogP contribution in [0.1, 0.15) is 5.01 Å². The van der Waals surface area contributed by atoms with Gasteiger partial charge < -0.3 is 5.32 Å². The van der Waals surface area contributed by atoms with Gasteiger partial charge in [0.2, 0.25) is 0 Å². The molecular formula is C14H9Cl3N2S. The van der Waals surface area contributed by atoms with E-state index in [4.69, 9.17) is 34.8 Å². The summed E-state index contributed by atoms with van der Waals surface area (Å²) in [5.41, 5.74) is 1.72. The molecule has 3 rings (SSSR count). The number of rotatable bonds is 3. The maximum atomic E-state index is 6.15. The summed E-state index contributed by atoms with van der Waals surface area (Å²) in [7, 11) is 0. The monoisotopic (exact) mass is 342 g/mol. The highest BCUT2D eigenvalue weighted by Crippen LogP contribution is 2.33. The Labute approximate surface area is 135 Å². The summed E-state index contributed by atoms with van der Waals surface area (Å²) in [4.78, 5) is 4.52. The van der Waals surface area contributed by atoms with Crippen LogP contribution >= 0.6 is 46.1 Å². The Balaban J connectivity index is 1.83. The zero-order valence-corrected chi connectivity index (χ0v) is 13.2. The van der Waals surface area contributed by atoms with Crippen LogP contribution in [0.2, 0.25) is 15.1 Å². The number of nitrogens with zero attached hydrogens (tertiary/aromatic N) is 1. The van der Waals surface area contributed by atoms with Gasteiger partial charge in [-0.15, -0.1) is 11.3 Å². The number of anilines is 1. The van der Waals surface area contributed by atoms with Gasteiger partial charge in [-0.25, -0.2) is 4.98 Å². The highest BCUT2D eigenvalue weighted by atomic mass is 35.5. The molecule has 0 amide bonds. The Morgan fingerprint density at radius 3 is 2.75 bits per heavy atom. The maximum absolute atomic E-state index is 6.15. The first-order chi connectivity index (χ1) is 9.63. The second-order valence-corrected chi connectivity index (χ2v) is 6.52. The third-order valence-corrected chi connectivity index (χ3v) is 4.81. The summed E-state index contributed by atoms with van der Waals surface area (Å²) in [6.07, 6.45) is 0. The van der Waals surface area contributed by atoms with Crippen LogP contribution in [-0.4, -0.2) is 4.98 Å². The quantitative estimate of drug-likeness (QED) is 0.643. The van der Waals surface area contributed by atoms with Crippen LogP contribution in [0.4, 0.5) is 5.69 Å². The second kappa shape index (κ2) is 5.78. The lowest BCUT2D eigenvalue weighted by Gasteiger charge is -2.03. The van der Waals surface area contributed by atoms with Crippen LogP contribution in [0.15, 0.2) is 36.4 Å². The van der Waals surface area contributed by atoms with Crippen molar-refractivity contribution < 1.29 is 0 Å². The summed E-state index contributed by atoms with van der Waals surface area (Å²) in [5.74, 6) is 0. The number of halogens is 3. The second-order valence-electron chi connectivity index (χ2n) is 4.18. The van der Waals surface area contributed by atoms with Crippen LogP contribution in [0, 0.1) is 0 Å². The average molecular weight is 344 g/mol. The SMILES string of the molecule is Clc1cccc(NCc2nc3c(Cl)c(Cl)ccc3s2)c1. The molecule has 0 aliphatic heterocycles. The zero-order valence-electron chi connectivity index (χ0n) is 10.2. The van der Waals surface area contributed by atoms with E-state index in [1.807, 2.05) is 30.3 Å². The van der Waals surface area contributed by atoms with E-state index in [1.54, 1.807) is 17.4 Å². The third-order valence-electron chi connectivity index (χ3n) is 2.76. The smallest absolute Gasteiger partial charge is 0.113 e. The van der Waals surface area contributed by atoms with Crippen molar-refractivity contribution in [3.8, 4) is 0 Å². The molecule has 6 heteroatoms. The van der Waals surface area contributed by atoms with E-state index in [-0.39, 0.29) is 0 Å². The number of aromatic nitrogens is 1. The third kappa shape index (κ3) is 2.86. The molecule has 1 heterocycles. The van der Waals surface area contributed by atoms with E-state index in [9.17, 15) is 0 Å². The van der Waals surface area contributed by atoms with Gasteiger partial charge in [-0.1, -0.05) is 40.9 Å². The van der Waals surface area contributed by atoms with Crippen molar-refractivity contribution in [3.63, 3.8) is 0 Å². The molecule has 2 aromatic carbocycles. The van der Waals surface area contributed by atoms with Gasteiger partial charge in [0.15, 0.2) is 0 Å². The van der Waals surface area contributed by atoms with Crippen LogP contribution in [0.25, 0.3) is 10.2 Å². The van der Waals surface area contributed by atoms with E-state index < -0.39 is 0 Å². The van der Waals surface area contributed by atoms with E-state index in [1.165, 1.54) is 0 Å². The molecule has 102 valence electrons. The highest BCUT2D eigenvalue weighted by Gasteiger charge is 2.09. The first-order valence-corrected chi connectivity index (χ1v) is 7.81. The average Bonchev–Trinajstić information content (AvgIpc) is 2.85. The number of hydrogen-bond donors (Lipinski definition) is 1. The Morgan fingerprint density at radius 2 is 1.95 bits per heavy atom. The van der Waals surface area contributed by atoms with Crippen molar-refractivity contribution >= 4 is 62.0 Å². The summed E-state index contributed by atoms with van der Waals surface area (Å²) >= 11 is 19.7. The van der Waals surface area contributed by atoms with Gasteiger partial charge in [0.25, 0.3) is 0 Å². The summed E-state index contributed by atoms with van der Waals surface area (Å²) in [6.45, 7) is 0.619. The van der Waals surface area contributed by atoms with Crippen LogP contribution in [0.5, 0.6) is 0 Å². The Bertz CT molecular complexity index is 770. The maximum Gasteiger partial charge on any atom is 0.113 e. The van der Waals surface area contributed by atoms with Crippen molar-refractivity contribution in [2.45, 2.75) is 6.54 Å². The van der Waals surface area contributed by atoms with Gasteiger partial charge in [-0.2, -0.15) is 0 Å². The van der Waals surface area contributed by atoms with Gasteiger partial charge in [0.1, 0.15) is 10.5 Å². The lowest BCUT2D eigenvalue weighted by molar-refractivity contribution is 1.12. The minimum absolute atomic E-state index is 0.509. The van der Waals surface area contributed by atoms with Crippen LogP contribution in [-0.2, 0) is 6.54 Å². The standard InChI is InChI=1S/C14H9Cl3N2S/c15-8-2-1-3-9(6-8)18-7-12-19-14-11(20-12)5-4-10(16)13(14)17/h1-6,18H,7H2. The van der Waals surface area contributed by atoms with Gasteiger partial charge in [-0.05, 0) is 30.3 Å². The number of hydrogen-bond acceptors (Lipinski definition) is 3. The van der Waals surface area contributed by atoms with E-state index in [0.29, 0.717) is 21.6 Å². The summed E-state index contributed by atoms with van der Waals surface area (Å²) in [6, 6.07) is 11.3. The largest absolute Gasteiger partial charge is 0.378 e.